The predicted molar refractivity (Wildman–Crippen MR) is 38.8 cm³/mol. The van der Waals surface area contributed by atoms with Crippen molar-refractivity contribution in [3.05, 3.63) is 35.6 Å². The molecular weight excluding hydrogens is 179 g/mol. The van der Waals surface area contributed by atoms with Crippen molar-refractivity contribution in [2.24, 2.45) is 10.2 Å². The van der Waals surface area contributed by atoms with E-state index < -0.39 is 5.91 Å². The van der Waals surface area contributed by atoms with Gasteiger partial charge in [-0.3, -0.25) is 4.79 Å². The molecule has 0 aromatic carbocycles. The molecule has 58 valence electrons. The Hall–Kier alpha value is -0.840. The van der Waals surface area contributed by atoms with Gasteiger partial charge in [0.2, 0.25) is 5.91 Å². The number of fused-ring (bicyclic) bond motifs is 1. The Labute approximate surface area is 96.4 Å². The number of carbonyl (C=O) groups excluding carboxylic acids is 2. The average molecular weight is 182 g/mol. The summed E-state index contributed by atoms with van der Waals surface area (Å²) in [6.45, 7) is 0. The summed E-state index contributed by atoms with van der Waals surface area (Å²) < 4.78 is 0. The summed E-state index contributed by atoms with van der Waals surface area (Å²) in [6, 6.07) is 0. The van der Waals surface area contributed by atoms with E-state index in [9.17, 15) is 9.59 Å². The third kappa shape index (κ3) is 1.75. The van der Waals surface area contributed by atoms with Crippen LogP contribution in [0.2, 0.25) is 0 Å². The number of azo groups is 1. The fraction of sp³-hybridized carbons (Fsp3) is 0. The molecule has 0 aromatic heterocycles. The molecule has 0 saturated heterocycles. The zero-order chi connectivity index (χ0) is 8.55. The molecule has 0 unspecified atom stereocenters. The molecule has 13 heavy (non-hydrogen) atoms. The summed E-state index contributed by atoms with van der Waals surface area (Å²) in [7, 11) is 0. The molecule has 1 aliphatic carbocycles. The quantitative estimate of drug-likeness (QED) is 0.313. The van der Waals surface area contributed by atoms with Gasteiger partial charge in [0, 0.05) is 0 Å². The molecule has 2 aliphatic rings. The molecule has 0 radical (unpaired) electrons. The number of rotatable bonds is 0. The van der Waals surface area contributed by atoms with Crippen molar-refractivity contribution in [3.8, 4) is 0 Å². The first-order valence-corrected chi connectivity index (χ1v) is 3.30. The molecule has 0 spiro atoms. The van der Waals surface area contributed by atoms with Gasteiger partial charge in [0.15, 0.2) is 0 Å². The standard InChI is InChI=1S/C8H3N2O2.Na/c11-7-3-1-2-5-6(7)4-9-10-8(5)12;/h1-3H;/q-1;+1. The van der Waals surface area contributed by atoms with Gasteiger partial charge in [0.05, 0.1) is 5.78 Å². The topological polar surface area (TPSA) is 58.9 Å². The monoisotopic (exact) mass is 182 g/mol. The van der Waals surface area contributed by atoms with Crippen molar-refractivity contribution in [1.82, 2.24) is 0 Å². The van der Waals surface area contributed by atoms with Crippen molar-refractivity contribution in [1.29, 1.82) is 0 Å². The summed E-state index contributed by atoms with van der Waals surface area (Å²) in [5.41, 5.74) is 0.481. The first-order valence-electron chi connectivity index (χ1n) is 3.30. The number of hydrogen-bond acceptors (Lipinski definition) is 3. The number of amides is 1. The molecule has 5 heteroatoms. The van der Waals surface area contributed by atoms with E-state index in [0.29, 0.717) is 0 Å². The number of hydrogen-bond donors (Lipinski definition) is 0. The van der Waals surface area contributed by atoms with E-state index in [1.807, 2.05) is 0 Å². The van der Waals surface area contributed by atoms with Crippen molar-refractivity contribution in [2.45, 2.75) is 0 Å². The predicted octanol–water partition coefficient (Wildman–Crippen LogP) is -2.26. The van der Waals surface area contributed by atoms with E-state index in [1.165, 1.54) is 18.2 Å². The maximum absolute atomic E-state index is 11.1. The Bertz CT molecular complexity index is 353. The first-order chi connectivity index (χ1) is 5.79. The van der Waals surface area contributed by atoms with Crippen LogP contribution in [0.15, 0.2) is 39.6 Å². The molecular formula is C8H3N2NaO2. The van der Waals surface area contributed by atoms with Crippen LogP contribution in [0.4, 0.5) is 0 Å². The molecule has 1 amide bonds. The van der Waals surface area contributed by atoms with Gasteiger partial charge in [-0.2, -0.15) is 0 Å². The van der Waals surface area contributed by atoms with Gasteiger partial charge in [-0.25, -0.2) is 5.11 Å². The van der Waals surface area contributed by atoms with E-state index in [2.05, 4.69) is 16.4 Å². The van der Waals surface area contributed by atoms with E-state index in [-0.39, 0.29) is 46.5 Å². The first kappa shape index (κ1) is 10.2. The van der Waals surface area contributed by atoms with E-state index in [0.717, 1.165) is 0 Å². The minimum Gasteiger partial charge on any atom is -0.366 e. The molecule has 0 atom stereocenters. The minimum absolute atomic E-state index is 0. The number of carbonyl (C=O) groups is 2. The zero-order valence-electron chi connectivity index (χ0n) is 6.94. The Morgan fingerprint density at radius 2 is 2.08 bits per heavy atom. The van der Waals surface area contributed by atoms with Crippen LogP contribution in [-0.4, -0.2) is 11.7 Å². The van der Waals surface area contributed by atoms with Crippen LogP contribution in [0.25, 0.3) is 0 Å². The zero-order valence-corrected chi connectivity index (χ0v) is 8.94. The Morgan fingerprint density at radius 3 is 2.77 bits per heavy atom. The van der Waals surface area contributed by atoms with Crippen LogP contribution in [0.1, 0.15) is 0 Å². The van der Waals surface area contributed by atoms with Gasteiger partial charge in [0.1, 0.15) is 0 Å². The third-order valence-corrected chi connectivity index (χ3v) is 1.56. The van der Waals surface area contributed by atoms with Gasteiger partial charge in [-0.15, -0.1) is 16.8 Å². The molecule has 1 aliphatic heterocycles. The molecule has 0 aromatic rings. The molecule has 1 heterocycles. The Kier molecular flexibility index (Phi) is 3.08. The number of allylic oxidation sites excluding steroid dienone is 3. The van der Waals surface area contributed by atoms with Crippen molar-refractivity contribution in [3.63, 3.8) is 0 Å². The normalized spacial score (nSPS) is 18.8. The summed E-state index contributed by atoms with van der Waals surface area (Å²) in [5, 5.41) is 6.53. The van der Waals surface area contributed by atoms with Crippen molar-refractivity contribution < 1.29 is 39.1 Å². The summed E-state index contributed by atoms with van der Waals surface area (Å²) in [4.78, 5) is 22.1. The van der Waals surface area contributed by atoms with Gasteiger partial charge in [-0.1, -0.05) is 17.7 Å². The molecule has 4 nitrogen and oxygen atoms in total. The largest absolute Gasteiger partial charge is 1.00 e. The van der Waals surface area contributed by atoms with Gasteiger partial charge < -0.3 is 4.79 Å². The fourth-order valence-corrected chi connectivity index (χ4v) is 0.999. The SMILES string of the molecule is O=C1C=CC=C2C(=O)N=N[C-]=C12.[Na+]. The maximum atomic E-state index is 11.1. The van der Waals surface area contributed by atoms with E-state index >= 15 is 0 Å². The third-order valence-electron chi connectivity index (χ3n) is 1.56. The fourth-order valence-electron chi connectivity index (χ4n) is 0.999. The molecule has 2 rings (SSSR count). The van der Waals surface area contributed by atoms with Crippen LogP contribution >= 0.6 is 0 Å². The van der Waals surface area contributed by atoms with Gasteiger partial charge in [0.25, 0.3) is 0 Å². The Morgan fingerprint density at radius 1 is 1.31 bits per heavy atom. The Balaban J connectivity index is 0.000000845. The summed E-state index contributed by atoms with van der Waals surface area (Å²) in [6.07, 6.45) is 6.79. The molecule has 0 fully saturated rings. The van der Waals surface area contributed by atoms with Gasteiger partial charge >= 0.3 is 29.6 Å². The summed E-state index contributed by atoms with van der Waals surface area (Å²) >= 11 is 0. The van der Waals surface area contributed by atoms with Crippen LogP contribution in [0.3, 0.4) is 0 Å². The maximum Gasteiger partial charge on any atom is 1.00 e. The molecule has 0 bridgehead atoms. The van der Waals surface area contributed by atoms with E-state index in [4.69, 9.17) is 0 Å². The van der Waals surface area contributed by atoms with E-state index in [1.54, 1.807) is 0 Å². The van der Waals surface area contributed by atoms with Crippen LogP contribution in [-0.2, 0) is 9.59 Å². The molecule has 0 saturated carbocycles. The van der Waals surface area contributed by atoms with Crippen LogP contribution in [0.5, 0.6) is 0 Å². The second kappa shape index (κ2) is 3.91. The second-order valence-electron chi connectivity index (χ2n) is 2.30. The van der Waals surface area contributed by atoms with Crippen LogP contribution in [0, 0.1) is 6.20 Å². The number of nitrogens with zero attached hydrogens (tertiary/aromatic N) is 2. The second-order valence-corrected chi connectivity index (χ2v) is 2.30. The minimum atomic E-state index is -0.485. The van der Waals surface area contributed by atoms with Crippen molar-refractivity contribution in [2.75, 3.05) is 0 Å². The van der Waals surface area contributed by atoms with Crippen molar-refractivity contribution >= 4 is 11.7 Å². The summed E-state index contributed by atoms with van der Waals surface area (Å²) in [5.74, 6) is -0.735. The molecule has 0 N–H and O–H groups in total. The number of ketones is 1. The smallest absolute Gasteiger partial charge is 0.366 e. The van der Waals surface area contributed by atoms with Gasteiger partial charge in [-0.05, 0) is 6.20 Å². The average Bonchev–Trinajstić information content (AvgIpc) is 2.07. The van der Waals surface area contributed by atoms with Crippen LogP contribution < -0.4 is 29.6 Å².